The highest BCUT2D eigenvalue weighted by Gasteiger charge is 2.31. The van der Waals surface area contributed by atoms with Crippen LogP contribution >= 0.6 is 12.4 Å². The highest BCUT2D eigenvalue weighted by atomic mass is 35.5. The van der Waals surface area contributed by atoms with Gasteiger partial charge < -0.3 is 5.32 Å². The molecule has 0 atom stereocenters. The molecule has 0 spiro atoms. The van der Waals surface area contributed by atoms with Crippen LogP contribution in [-0.2, 0) is 10.0 Å². The Kier molecular flexibility index (Phi) is 5.66. The molecule has 0 amide bonds. The number of hydrogen-bond acceptors (Lipinski definition) is 5. The Hall–Kier alpha value is -0.760. The summed E-state index contributed by atoms with van der Waals surface area (Å²) in [5.74, 6) is 0. The highest BCUT2D eigenvalue weighted by molar-refractivity contribution is 7.89. The van der Waals surface area contributed by atoms with E-state index in [1.165, 1.54) is 16.7 Å². The number of aryl methyl sites for hydroxylation is 1. The van der Waals surface area contributed by atoms with Crippen LogP contribution in [0.4, 0.5) is 0 Å². The van der Waals surface area contributed by atoms with E-state index in [0.29, 0.717) is 24.8 Å². The third kappa shape index (κ3) is 3.42. The molecule has 1 aliphatic heterocycles. The van der Waals surface area contributed by atoms with Gasteiger partial charge in [-0.15, -0.1) is 12.4 Å². The van der Waals surface area contributed by atoms with Crippen molar-refractivity contribution >= 4 is 22.4 Å². The van der Waals surface area contributed by atoms with E-state index in [9.17, 15) is 8.42 Å². The normalized spacial score (nSPS) is 18.0. The van der Waals surface area contributed by atoms with Crippen molar-refractivity contribution in [2.24, 2.45) is 0 Å². The molecule has 8 heteroatoms. The van der Waals surface area contributed by atoms with Gasteiger partial charge in [0.2, 0.25) is 0 Å². The zero-order valence-corrected chi connectivity index (χ0v) is 12.7. The summed E-state index contributed by atoms with van der Waals surface area (Å²) in [6.07, 6.45) is 4.58. The van der Waals surface area contributed by atoms with Gasteiger partial charge in [0.1, 0.15) is 0 Å². The first-order valence-corrected chi connectivity index (χ1v) is 7.44. The van der Waals surface area contributed by atoms with Gasteiger partial charge in [-0.1, -0.05) is 0 Å². The van der Waals surface area contributed by atoms with Crippen LogP contribution in [-0.4, -0.2) is 48.9 Å². The molecular formula is C11H19ClN4O2S. The standard InChI is InChI=1S/C11H18N4O2S.ClH/c1-9-11(14-6-5-13-9)18(16,17)15-7-3-10(12-2)4-8-15;/h5-6,10,12H,3-4,7-8H2,1-2H3;1H. The van der Waals surface area contributed by atoms with Crippen molar-refractivity contribution in [2.45, 2.75) is 30.8 Å². The maximum Gasteiger partial charge on any atom is 0.262 e. The quantitative estimate of drug-likeness (QED) is 0.884. The van der Waals surface area contributed by atoms with E-state index >= 15 is 0 Å². The van der Waals surface area contributed by atoms with E-state index in [1.54, 1.807) is 6.92 Å². The van der Waals surface area contributed by atoms with Crippen molar-refractivity contribution in [3.8, 4) is 0 Å². The van der Waals surface area contributed by atoms with Crippen molar-refractivity contribution in [1.82, 2.24) is 19.6 Å². The lowest BCUT2D eigenvalue weighted by molar-refractivity contribution is 0.297. The topological polar surface area (TPSA) is 75.2 Å². The summed E-state index contributed by atoms with van der Waals surface area (Å²) in [7, 11) is -1.59. The summed E-state index contributed by atoms with van der Waals surface area (Å²) in [4.78, 5) is 7.95. The summed E-state index contributed by atoms with van der Waals surface area (Å²) in [5, 5.41) is 3.25. The van der Waals surface area contributed by atoms with Crippen LogP contribution < -0.4 is 5.32 Å². The van der Waals surface area contributed by atoms with Gasteiger partial charge in [-0.3, -0.25) is 4.98 Å². The van der Waals surface area contributed by atoms with E-state index in [1.807, 2.05) is 7.05 Å². The lowest BCUT2D eigenvalue weighted by atomic mass is 10.1. The van der Waals surface area contributed by atoms with Crippen LogP contribution in [0.15, 0.2) is 17.4 Å². The van der Waals surface area contributed by atoms with E-state index < -0.39 is 10.0 Å². The Morgan fingerprint density at radius 2 is 1.84 bits per heavy atom. The third-order valence-corrected chi connectivity index (χ3v) is 5.22. The summed E-state index contributed by atoms with van der Waals surface area (Å²) >= 11 is 0. The van der Waals surface area contributed by atoms with Crippen molar-refractivity contribution in [3.05, 3.63) is 18.1 Å². The van der Waals surface area contributed by atoms with Crippen LogP contribution in [0.2, 0.25) is 0 Å². The number of halogens is 1. The fourth-order valence-electron chi connectivity index (χ4n) is 2.16. The van der Waals surface area contributed by atoms with Gasteiger partial charge in [0, 0.05) is 31.5 Å². The average molecular weight is 307 g/mol. The Bertz CT molecular complexity index is 515. The minimum absolute atomic E-state index is 0. The Morgan fingerprint density at radius 1 is 1.26 bits per heavy atom. The molecule has 1 fully saturated rings. The molecule has 2 rings (SSSR count). The van der Waals surface area contributed by atoms with Crippen molar-refractivity contribution in [3.63, 3.8) is 0 Å². The number of nitrogens with zero attached hydrogens (tertiary/aromatic N) is 3. The van der Waals surface area contributed by atoms with E-state index in [0.717, 1.165) is 12.8 Å². The Balaban J connectivity index is 0.00000180. The molecule has 0 bridgehead atoms. The largest absolute Gasteiger partial charge is 0.317 e. The van der Waals surface area contributed by atoms with Gasteiger partial charge in [-0.05, 0) is 26.8 Å². The number of aromatic nitrogens is 2. The minimum Gasteiger partial charge on any atom is -0.317 e. The molecule has 0 aromatic carbocycles. The maximum absolute atomic E-state index is 12.4. The molecule has 1 aromatic rings. The fourth-order valence-corrected chi connectivity index (χ4v) is 3.71. The first-order valence-electron chi connectivity index (χ1n) is 6.00. The lowest BCUT2D eigenvalue weighted by Gasteiger charge is -2.30. The number of piperidine rings is 1. The fraction of sp³-hybridized carbons (Fsp3) is 0.636. The molecule has 108 valence electrons. The van der Waals surface area contributed by atoms with Gasteiger partial charge >= 0.3 is 0 Å². The molecular weight excluding hydrogens is 288 g/mol. The van der Waals surface area contributed by atoms with Crippen LogP contribution in [0.25, 0.3) is 0 Å². The maximum atomic E-state index is 12.4. The van der Waals surface area contributed by atoms with Crippen molar-refractivity contribution in [2.75, 3.05) is 20.1 Å². The number of nitrogens with one attached hydrogen (secondary N) is 1. The number of rotatable bonds is 3. The van der Waals surface area contributed by atoms with Gasteiger partial charge in [0.25, 0.3) is 10.0 Å². The second-order valence-electron chi connectivity index (χ2n) is 4.41. The van der Waals surface area contributed by atoms with Crippen LogP contribution in [0, 0.1) is 6.92 Å². The lowest BCUT2D eigenvalue weighted by Crippen LogP contribution is -2.44. The van der Waals surface area contributed by atoms with E-state index in [4.69, 9.17) is 0 Å². The molecule has 0 radical (unpaired) electrons. The number of hydrogen-bond donors (Lipinski definition) is 1. The number of sulfonamides is 1. The van der Waals surface area contributed by atoms with Crippen LogP contribution in [0.3, 0.4) is 0 Å². The highest BCUT2D eigenvalue weighted by Crippen LogP contribution is 2.20. The molecule has 6 nitrogen and oxygen atoms in total. The van der Waals surface area contributed by atoms with Gasteiger partial charge in [0.15, 0.2) is 5.03 Å². The predicted octanol–water partition coefficient (Wildman–Crippen LogP) is 0.579. The van der Waals surface area contributed by atoms with E-state index in [-0.39, 0.29) is 17.4 Å². The van der Waals surface area contributed by atoms with Gasteiger partial charge in [-0.25, -0.2) is 13.4 Å². The summed E-state index contributed by atoms with van der Waals surface area (Å²) in [5.41, 5.74) is 0.452. The van der Waals surface area contributed by atoms with Crippen molar-refractivity contribution in [1.29, 1.82) is 0 Å². The van der Waals surface area contributed by atoms with Crippen LogP contribution in [0.1, 0.15) is 18.5 Å². The SMILES string of the molecule is CNC1CCN(S(=O)(=O)c2nccnc2C)CC1.Cl. The predicted molar refractivity (Wildman–Crippen MR) is 74.9 cm³/mol. The average Bonchev–Trinajstić information content (AvgIpc) is 2.39. The molecule has 0 aliphatic carbocycles. The van der Waals surface area contributed by atoms with E-state index in [2.05, 4.69) is 15.3 Å². The first kappa shape index (κ1) is 16.3. The zero-order valence-electron chi connectivity index (χ0n) is 11.0. The molecule has 0 unspecified atom stereocenters. The molecule has 1 aliphatic rings. The molecule has 2 heterocycles. The third-order valence-electron chi connectivity index (χ3n) is 3.28. The Morgan fingerprint density at radius 3 is 2.37 bits per heavy atom. The second-order valence-corrected chi connectivity index (χ2v) is 6.27. The molecule has 19 heavy (non-hydrogen) atoms. The molecule has 0 saturated carbocycles. The summed E-state index contributed by atoms with van der Waals surface area (Å²) in [6, 6.07) is 0.402. The van der Waals surface area contributed by atoms with Gasteiger partial charge in [0.05, 0.1) is 5.69 Å². The first-order chi connectivity index (χ1) is 8.55. The Labute approximate surface area is 120 Å². The summed E-state index contributed by atoms with van der Waals surface area (Å²) in [6.45, 7) is 2.73. The molecule has 1 N–H and O–H groups in total. The van der Waals surface area contributed by atoms with Crippen molar-refractivity contribution < 1.29 is 8.42 Å². The minimum atomic E-state index is -3.49. The van der Waals surface area contributed by atoms with Gasteiger partial charge in [-0.2, -0.15) is 4.31 Å². The summed E-state index contributed by atoms with van der Waals surface area (Å²) < 4.78 is 26.3. The smallest absolute Gasteiger partial charge is 0.262 e. The molecule has 1 saturated heterocycles. The zero-order chi connectivity index (χ0) is 13.2. The monoisotopic (exact) mass is 306 g/mol. The van der Waals surface area contributed by atoms with Crippen LogP contribution in [0.5, 0.6) is 0 Å². The molecule has 1 aromatic heterocycles. The second kappa shape index (κ2) is 6.60.